The van der Waals surface area contributed by atoms with Crippen molar-refractivity contribution in [3.63, 3.8) is 0 Å². The minimum atomic E-state index is -2.92. The molecule has 2 amide bonds. The maximum Gasteiger partial charge on any atom is 0.424 e. The van der Waals surface area contributed by atoms with Crippen LogP contribution in [-0.4, -0.2) is 49.1 Å². The van der Waals surface area contributed by atoms with E-state index in [-0.39, 0.29) is 40.5 Å². The minimum absolute atomic E-state index is 0.0235. The molecule has 0 saturated heterocycles. The first-order valence-electron chi connectivity index (χ1n) is 15.1. The van der Waals surface area contributed by atoms with Gasteiger partial charge in [-0.2, -0.15) is 10.00 Å². The predicted octanol–water partition coefficient (Wildman–Crippen LogP) is 9.46. The van der Waals surface area contributed by atoms with Gasteiger partial charge in [-0.15, -0.1) is 0 Å². The Morgan fingerprint density at radius 1 is 1.00 bits per heavy atom. The number of hydrogen-bond acceptors (Lipinski definition) is 8. The van der Waals surface area contributed by atoms with Crippen LogP contribution in [0, 0.1) is 12.7 Å². The zero-order chi connectivity index (χ0) is 35.3. The number of alkyl halides is 2. The third-order valence-corrected chi connectivity index (χ3v) is 7.71. The number of ether oxygens (including phenoxy) is 2. The zero-order valence-electron chi connectivity index (χ0n) is 27.7. The number of imide groups is 1. The van der Waals surface area contributed by atoms with Crippen LogP contribution in [0.2, 0.25) is 5.02 Å². The molecule has 5 rings (SSSR count). The van der Waals surface area contributed by atoms with E-state index in [0.29, 0.717) is 33.4 Å². The molecule has 0 unspecified atom stereocenters. The molecule has 1 aliphatic rings. The predicted molar refractivity (Wildman–Crippen MR) is 178 cm³/mol. The fourth-order valence-electron chi connectivity index (χ4n) is 5.17. The van der Waals surface area contributed by atoms with Gasteiger partial charge in [0.15, 0.2) is 5.82 Å². The van der Waals surface area contributed by atoms with Crippen LogP contribution in [0.4, 0.5) is 40.1 Å². The Kier molecular flexibility index (Phi) is 8.97. The molecule has 254 valence electrons. The number of nitrogens with one attached hydrogen (secondary N) is 1. The quantitative estimate of drug-likeness (QED) is 0.226. The van der Waals surface area contributed by atoms with E-state index in [9.17, 15) is 18.4 Å². The highest BCUT2D eigenvalue weighted by atomic mass is 35.5. The Morgan fingerprint density at radius 3 is 2.27 bits per heavy atom. The number of anilines is 3. The van der Waals surface area contributed by atoms with Crippen LogP contribution >= 0.6 is 11.6 Å². The van der Waals surface area contributed by atoms with Crippen molar-refractivity contribution >= 4 is 57.5 Å². The Labute approximate surface area is 280 Å². The number of pyridine rings is 2. The first kappa shape index (κ1) is 34.7. The summed E-state index contributed by atoms with van der Waals surface area (Å²) >= 11 is 6.51. The van der Waals surface area contributed by atoms with Crippen LogP contribution in [0.5, 0.6) is 0 Å². The number of hydrogen-bond donors (Lipinski definition) is 1. The maximum atomic E-state index is 15.9. The molecule has 0 radical (unpaired) electrons. The highest BCUT2D eigenvalue weighted by Gasteiger charge is 2.36. The van der Waals surface area contributed by atoms with Gasteiger partial charge in [-0.05, 0) is 83.5 Å². The second-order valence-corrected chi connectivity index (χ2v) is 14.0. The molecular weight excluding hydrogens is 649 g/mol. The lowest BCUT2D eigenvalue weighted by atomic mass is 9.98. The first-order valence-corrected chi connectivity index (χ1v) is 15.5. The lowest BCUT2D eigenvalue weighted by molar-refractivity contribution is -0.0237. The van der Waals surface area contributed by atoms with Gasteiger partial charge in [0, 0.05) is 41.4 Å². The van der Waals surface area contributed by atoms with Gasteiger partial charge in [0.1, 0.15) is 29.4 Å². The van der Waals surface area contributed by atoms with Crippen molar-refractivity contribution in [3.8, 4) is 11.1 Å². The number of carbonyl (C=O) groups is 2. The van der Waals surface area contributed by atoms with Crippen molar-refractivity contribution < 1.29 is 32.2 Å². The number of allylic oxidation sites excluding steroid dienone is 1. The van der Waals surface area contributed by atoms with Gasteiger partial charge in [0.25, 0.3) is 5.92 Å². The van der Waals surface area contributed by atoms with E-state index in [0.717, 1.165) is 4.90 Å². The summed E-state index contributed by atoms with van der Waals surface area (Å²) in [5.74, 6) is -3.11. The summed E-state index contributed by atoms with van der Waals surface area (Å²) in [6.07, 6.45) is 1.90. The Balaban J connectivity index is 1.55. The molecule has 14 heteroatoms. The van der Waals surface area contributed by atoms with Crippen LogP contribution < -0.4 is 10.2 Å². The number of amides is 2. The average Bonchev–Trinajstić information content (AvgIpc) is 3.29. The molecule has 4 aromatic rings. The molecule has 10 nitrogen and oxygen atoms in total. The third kappa shape index (κ3) is 7.40. The van der Waals surface area contributed by atoms with Gasteiger partial charge in [-0.1, -0.05) is 18.2 Å². The summed E-state index contributed by atoms with van der Waals surface area (Å²) in [5, 5.41) is 7.89. The standard InChI is InChI=1S/C34H36ClF3N6O4/c1-18-9-10-34(37,38)17-43-24(18)13-27(42-43)41-26-12-20-11-21(29(36)28(35)23(20)15-40-26)22-14-39-16-25(19(22)2)44(30(45)47-32(3,4)5)31(46)48-33(6,7)8/h11-16H,1,9-10,17H2,2-8H3,(H,40,41,42). The molecule has 0 bridgehead atoms. The Bertz CT molecular complexity index is 1920. The lowest BCUT2D eigenvalue weighted by Gasteiger charge is -2.29. The van der Waals surface area contributed by atoms with Gasteiger partial charge < -0.3 is 14.8 Å². The SMILES string of the molecule is C=C1CCC(F)(F)Cn2nc(Nc3cc4cc(-c5cncc(N(C(=O)OC(C)(C)C)C(=O)OC(C)(C)C)c5C)c(F)c(Cl)c4cn3)cc21. The van der Waals surface area contributed by atoms with Gasteiger partial charge in [-0.3, -0.25) is 9.67 Å². The van der Waals surface area contributed by atoms with Crippen LogP contribution in [0.3, 0.4) is 0 Å². The van der Waals surface area contributed by atoms with Crippen LogP contribution in [-0.2, 0) is 16.0 Å². The van der Waals surface area contributed by atoms with E-state index >= 15 is 4.39 Å². The van der Waals surface area contributed by atoms with Crippen molar-refractivity contribution in [1.82, 2.24) is 19.7 Å². The van der Waals surface area contributed by atoms with Crippen molar-refractivity contribution in [2.45, 2.75) is 85.0 Å². The zero-order valence-corrected chi connectivity index (χ0v) is 28.4. The van der Waals surface area contributed by atoms with E-state index < -0.39 is 41.7 Å². The van der Waals surface area contributed by atoms with E-state index in [4.69, 9.17) is 21.1 Å². The van der Waals surface area contributed by atoms with Crippen LogP contribution in [0.25, 0.3) is 27.5 Å². The molecule has 0 aliphatic carbocycles. The number of benzene rings is 1. The molecule has 0 spiro atoms. The van der Waals surface area contributed by atoms with Gasteiger partial charge in [0.05, 0.1) is 22.6 Å². The second-order valence-electron chi connectivity index (χ2n) is 13.6. The van der Waals surface area contributed by atoms with Crippen LogP contribution in [0.1, 0.15) is 65.6 Å². The molecule has 3 aromatic heterocycles. The molecule has 0 atom stereocenters. The molecule has 0 saturated carbocycles. The van der Waals surface area contributed by atoms with Crippen molar-refractivity contribution in [2.75, 3.05) is 10.2 Å². The Hall–Kier alpha value is -4.65. The molecule has 1 N–H and O–H groups in total. The smallest absolute Gasteiger partial charge is 0.424 e. The summed E-state index contributed by atoms with van der Waals surface area (Å²) < 4.78 is 56.7. The normalized spacial score (nSPS) is 14.7. The maximum absolute atomic E-state index is 15.9. The molecule has 1 aromatic carbocycles. The lowest BCUT2D eigenvalue weighted by Crippen LogP contribution is -2.44. The monoisotopic (exact) mass is 684 g/mol. The van der Waals surface area contributed by atoms with Crippen molar-refractivity contribution in [2.24, 2.45) is 0 Å². The minimum Gasteiger partial charge on any atom is -0.443 e. The topological polar surface area (TPSA) is 111 Å². The van der Waals surface area contributed by atoms with Crippen molar-refractivity contribution in [3.05, 3.63) is 65.5 Å². The summed E-state index contributed by atoms with van der Waals surface area (Å²) in [6.45, 7) is 14.9. The van der Waals surface area contributed by atoms with Crippen molar-refractivity contribution in [1.29, 1.82) is 0 Å². The number of nitrogens with zero attached hydrogens (tertiary/aromatic N) is 5. The highest BCUT2D eigenvalue weighted by molar-refractivity contribution is 6.36. The second kappa shape index (κ2) is 12.4. The average molecular weight is 685 g/mol. The molecule has 0 fully saturated rings. The number of halogens is 4. The van der Waals surface area contributed by atoms with Gasteiger partial charge >= 0.3 is 12.2 Å². The number of fused-ring (bicyclic) bond motifs is 2. The fourth-order valence-corrected chi connectivity index (χ4v) is 5.42. The molecule has 4 heterocycles. The molecule has 1 aliphatic heterocycles. The van der Waals surface area contributed by atoms with Gasteiger partial charge in [0.2, 0.25) is 0 Å². The van der Waals surface area contributed by atoms with E-state index in [2.05, 4.69) is 27.0 Å². The third-order valence-electron chi connectivity index (χ3n) is 7.35. The van der Waals surface area contributed by atoms with Gasteiger partial charge in [-0.25, -0.2) is 27.7 Å². The number of carbonyl (C=O) groups excluding carboxylic acids is 2. The Morgan fingerprint density at radius 2 is 1.65 bits per heavy atom. The summed E-state index contributed by atoms with van der Waals surface area (Å²) in [6, 6.07) is 4.77. The largest absolute Gasteiger partial charge is 0.443 e. The summed E-state index contributed by atoms with van der Waals surface area (Å²) in [5.41, 5.74) is -0.210. The molecular formula is C34H36ClF3N6O4. The summed E-state index contributed by atoms with van der Waals surface area (Å²) in [7, 11) is 0. The van der Waals surface area contributed by atoms with Crippen LogP contribution in [0.15, 0.2) is 43.4 Å². The van der Waals surface area contributed by atoms with E-state index in [1.165, 1.54) is 29.3 Å². The first-order chi connectivity index (χ1) is 22.2. The van der Waals surface area contributed by atoms with E-state index in [1.54, 1.807) is 60.6 Å². The summed E-state index contributed by atoms with van der Waals surface area (Å²) in [4.78, 5) is 35.9. The fraction of sp³-hybridized carbons (Fsp3) is 0.382. The van der Waals surface area contributed by atoms with E-state index in [1.807, 2.05) is 0 Å². The number of aromatic nitrogens is 4. The highest BCUT2D eigenvalue weighted by Crippen LogP contribution is 2.39. The number of rotatable bonds is 4. The molecule has 48 heavy (non-hydrogen) atoms.